The summed E-state index contributed by atoms with van der Waals surface area (Å²) in [5.74, 6) is -0.308. The zero-order chi connectivity index (χ0) is 15.6. The summed E-state index contributed by atoms with van der Waals surface area (Å²) in [4.78, 5) is 0. The molecule has 0 aliphatic carbocycles. The van der Waals surface area contributed by atoms with E-state index < -0.39 is 15.6 Å². The summed E-state index contributed by atoms with van der Waals surface area (Å²) < 4.78 is 63.0. The van der Waals surface area contributed by atoms with Crippen LogP contribution in [0.1, 0.15) is 31.4 Å². The molecule has 1 aromatic rings. The monoisotopic (exact) mass is 308 g/mol. The van der Waals surface area contributed by atoms with Crippen LogP contribution in [-0.2, 0) is 16.5 Å². The molecule has 0 fully saturated rings. The Balaban J connectivity index is 3.18. The van der Waals surface area contributed by atoms with Crippen molar-refractivity contribution in [2.75, 3.05) is 0 Å². The Morgan fingerprint density at radius 3 is 2.35 bits per heavy atom. The summed E-state index contributed by atoms with van der Waals surface area (Å²) >= 11 is 0. The third kappa shape index (κ3) is 3.53. The van der Waals surface area contributed by atoms with Crippen molar-refractivity contribution in [3.05, 3.63) is 35.9 Å². The van der Waals surface area contributed by atoms with Gasteiger partial charge in [-0.05, 0) is 41.7 Å². The summed E-state index contributed by atoms with van der Waals surface area (Å²) in [6.45, 7) is 7.41. The van der Waals surface area contributed by atoms with Crippen LogP contribution in [0.25, 0.3) is 5.57 Å². The molecule has 0 spiro atoms. The number of rotatable bonds is 5. The topological polar surface area (TPSA) is 43.4 Å². The lowest BCUT2D eigenvalue weighted by Gasteiger charge is -2.13. The minimum atomic E-state index is -5.64. The second-order valence-electron chi connectivity index (χ2n) is 4.12. The van der Waals surface area contributed by atoms with Crippen LogP contribution in [0.4, 0.5) is 13.2 Å². The van der Waals surface area contributed by atoms with Crippen molar-refractivity contribution in [2.24, 2.45) is 0 Å². The van der Waals surface area contributed by atoms with E-state index in [1.54, 1.807) is 13.0 Å². The van der Waals surface area contributed by atoms with Gasteiger partial charge in [0.25, 0.3) is 0 Å². The minimum Gasteiger partial charge on any atom is -0.376 e. The van der Waals surface area contributed by atoms with Crippen molar-refractivity contribution in [3.63, 3.8) is 0 Å². The number of alkyl halides is 3. The molecule has 0 aromatic heterocycles. The Kier molecular flexibility index (Phi) is 4.86. The Labute approximate surface area is 116 Å². The zero-order valence-corrected chi connectivity index (χ0v) is 11.9. The van der Waals surface area contributed by atoms with Crippen molar-refractivity contribution in [2.45, 2.75) is 32.2 Å². The first kappa shape index (κ1) is 16.6. The van der Waals surface area contributed by atoms with Crippen LogP contribution in [0.15, 0.2) is 24.8 Å². The van der Waals surface area contributed by atoms with E-state index in [1.807, 2.05) is 6.92 Å². The SMILES string of the molecule is C=C(CC)c1ccc(OS(=O)(=O)C(F)(F)F)c(CC)c1. The molecule has 0 N–H and O–H groups in total. The van der Waals surface area contributed by atoms with Crippen LogP contribution in [0.3, 0.4) is 0 Å². The number of benzene rings is 1. The first-order valence-corrected chi connectivity index (χ1v) is 7.35. The van der Waals surface area contributed by atoms with E-state index in [2.05, 4.69) is 10.8 Å². The average Bonchev–Trinajstić information content (AvgIpc) is 2.36. The number of hydrogen-bond donors (Lipinski definition) is 0. The highest BCUT2D eigenvalue weighted by atomic mass is 32.2. The number of hydrogen-bond acceptors (Lipinski definition) is 3. The normalized spacial score (nSPS) is 12.2. The maximum absolute atomic E-state index is 12.3. The van der Waals surface area contributed by atoms with Crippen molar-refractivity contribution in [1.82, 2.24) is 0 Å². The fourth-order valence-corrected chi connectivity index (χ4v) is 2.02. The lowest BCUT2D eigenvalue weighted by molar-refractivity contribution is -0.0500. The fraction of sp³-hybridized carbons (Fsp3) is 0.385. The quantitative estimate of drug-likeness (QED) is 0.612. The van der Waals surface area contributed by atoms with Gasteiger partial charge in [0.05, 0.1) is 0 Å². The molecule has 0 unspecified atom stereocenters. The van der Waals surface area contributed by atoms with E-state index >= 15 is 0 Å². The van der Waals surface area contributed by atoms with Crippen LogP contribution < -0.4 is 4.18 Å². The molecule has 1 rings (SSSR count). The summed E-state index contributed by atoms with van der Waals surface area (Å²) in [6.07, 6.45) is 1.03. The van der Waals surface area contributed by atoms with E-state index in [4.69, 9.17) is 0 Å². The van der Waals surface area contributed by atoms with Crippen molar-refractivity contribution < 1.29 is 25.8 Å². The number of allylic oxidation sites excluding steroid dienone is 1. The van der Waals surface area contributed by atoms with Gasteiger partial charge in [-0.15, -0.1) is 0 Å². The van der Waals surface area contributed by atoms with Gasteiger partial charge in [-0.1, -0.05) is 26.5 Å². The fourth-order valence-electron chi connectivity index (χ4n) is 1.53. The highest BCUT2D eigenvalue weighted by molar-refractivity contribution is 7.88. The summed E-state index contributed by atoms with van der Waals surface area (Å²) in [5.41, 5.74) is -3.50. The average molecular weight is 308 g/mol. The maximum Gasteiger partial charge on any atom is 0.534 e. The maximum atomic E-state index is 12.3. The first-order valence-electron chi connectivity index (χ1n) is 5.94. The molecule has 0 heterocycles. The summed E-state index contributed by atoms with van der Waals surface area (Å²) in [6, 6.07) is 4.30. The molecule has 112 valence electrons. The van der Waals surface area contributed by atoms with Gasteiger partial charge in [0, 0.05) is 0 Å². The third-order valence-electron chi connectivity index (χ3n) is 2.76. The Bertz CT molecular complexity index is 604. The molecule has 0 saturated carbocycles. The first-order chi connectivity index (χ1) is 9.12. The van der Waals surface area contributed by atoms with Crippen molar-refractivity contribution >= 4 is 15.7 Å². The lowest BCUT2D eigenvalue weighted by Crippen LogP contribution is -2.28. The largest absolute Gasteiger partial charge is 0.534 e. The molecule has 0 bridgehead atoms. The lowest BCUT2D eigenvalue weighted by atomic mass is 10.0. The van der Waals surface area contributed by atoms with Gasteiger partial charge >= 0.3 is 15.6 Å². The Morgan fingerprint density at radius 2 is 1.90 bits per heavy atom. The molecule has 0 aliphatic heterocycles. The van der Waals surface area contributed by atoms with Crippen LogP contribution in [0.5, 0.6) is 5.75 Å². The molecule has 1 aromatic carbocycles. The molecule has 7 heteroatoms. The second-order valence-corrected chi connectivity index (χ2v) is 5.65. The number of halogens is 3. The standard InChI is InChI=1S/C13H15F3O3S/c1-4-9(3)11-6-7-12(10(5-2)8-11)19-20(17,18)13(14,15)16/h6-8H,3-5H2,1-2H3. The third-order valence-corrected chi connectivity index (χ3v) is 3.73. The van der Waals surface area contributed by atoms with Gasteiger partial charge in [-0.25, -0.2) is 0 Å². The van der Waals surface area contributed by atoms with Crippen LogP contribution >= 0.6 is 0 Å². The van der Waals surface area contributed by atoms with E-state index in [0.29, 0.717) is 18.4 Å². The van der Waals surface area contributed by atoms with E-state index in [1.165, 1.54) is 12.1 Å². The molecule has 20 heavy (non-hydrogen) atoms. The zero-order valence-electron chi connectivity index (χ0n) is 11.1. The van der Waals surface area contributed by atoms with Crippen LogP contribution in [0.2, 0.25) is 0 Å². The van der Waals surface area contributed by atoms with Crippen LogP contribution in [-0.4, -0.2) is 13.9 Å². The molecular weight excluding hydrogens is 293 g/mol. The van der Waals surface area contributed by atoms with Gasteiger partial charge in [0.2, 0.25) is 0 Å². The molecule has 3 nitrogen and oxygen atoms in total. The second kappa shape index (κ2) is 5.87. The molecule has 0 amide bonds. The van der Waals surface area contributed by atoms with Gasteiger partial charge in [-0.2, -0.15) is 21.6 Å². The van der Waals surface area contributed by atoms with Gasteiger partial charge in [0.15, 0.2) is 0 Å². The molecule has 0 aliphatic rings. The predicted molar refractivity (Wildman–Crippen MR) is 70.7 cm³/mol. The van der Waals surface area contributed by atoms with E-state index in [9.17, 15) is 21.6 Å². The van der Waals surface area contributed by atoms with Crippen molar-refractivity contribution in [1.29, 1.82) is 0 Å². The summed E-state index contributed by atoms with van der Waals surface area (Å²) in [5, 5.41) is 0. The number of aryl methyl sites for hydroxylation is 1. The van der Waals surface area contributed by atoms with E-state index in [0.717, 1.165) is 11.1 Å². The minimum absolute atomic E-state index is 0.308. The molecular formula is C13H15F3O3S. The predicted octanol–water partition coefficient (Wildman–Crippen LogP) is 3.90. The van der Waals surface area contributed by atoms with Gasteiger partial charge in [-0.3, -0.25) is 0 Å². The molecule has 0 atom stereocenters. The van der Waals surface area contributed by atoms with Gasteiger partial charge < -0.3 is 4.18 Å². The van der Waals surface area contributed by atoms with E-state index in [-0.39, 0.29) is 5.75 Å². The molecule has 0 radical (unpaired) electrons. The Morgan fingerprint density at radius 1 is 1.30 bits per heavy atom. The highest BCUT2D eigenvalue weighted by Gasteiger charge is 2.48. The summed E-state index contributed by atoms with van der Waals surface area (Å²) in [7, 11) is -5.64. The van der Waals surface area contributed by atoms with Crippen LogP contribution in [0, 0.1) is 0 Å². The highest BCUT2D eigenvalue weighted by Crippen LogP contribution is 2.31. The van der Waals surface area contributed by atoms with Gasteiger partial charge in [0.1, 0.15) is 5.75 Å². The molecule has 0 saturated heterocycles. The van der Waals surface area contributed by atoms with Crippen molar-refractivity contribution in [3.8, 4) is 5.75 Å². The smallest absolute Gasteiger partial charge is 0.376 e. The Hall–Kier alpha value is -1.50.